The van der Waals surface area contributed by atoms with Crippen molar-refractivity contribution < 1.29 is 9.90 Å². The Hall–Kier alpha value is -1.59. The summed E-state index contributed by atoms with van der Waals surface area (Å²) in [6.07, 6.45) is 5.46. The summed E-state index contributed by atoms with van der Waals surface area (Å²) >= 11 is 6.07. The van der Waals surface area contributed by atoms with E-state index in [-0.39, 0.29) is 6.04 Å². The standard InChI is InChI=1S/C18H22ClN3O2/c1-21-15-7-6-12(19)9-13(15)20-17(21)10-22-14-5-3-2-4-11(14)8-16(22)18(23)24/h6-7,9,11,14,16H,2-5,8,10H2,1H3,(H,23,24). The van der Waals surface area contributed by atoms with Crippen LogP contribution in [0.4, 0.5) is 0 Å². The van der Waals surface area contributed by atoms with Gasteiger partial charge in [0.15, 0.2) is 0 Å². The molecule has 1 saturated heterocycles. The van der Waals surface area contributed by atoms with E-state index in [0.717, 1.165) is 36.1 Å². The molecule has 2 heterocycles. The summed E-state index contributed by atoms with van der Waals surface area (Å²) in [7, 11) is 1.99. The van der Waals surface area contributed by atoms with Crippen LogP contribution in [0, 0.1) is 5.92 Å². The summed E-state index contributed by atoms with van der Waals surface area (Å²) in [5, 5.41) is 10.3. The van der Waals surface area contributed by atoms with Gasteiger partial charge < -0.3 is 9.67 Å². The van der Waals surface area contributed by atoms with Gasteiger partial charge in [-0.1, -0.05) is 24.4 Å². The number of carboxylic acids is 1. The van der Waals surface area contributed by atoms with Crippen LogP contribution in [0.25, 0.3) is 11.0 Å². The van der Waals surface area contributed by atoms with E-state index in [0.29, 0.717) is 23.5 Å². The van der Waals surface area contributed by atoms with Gasteiger partial charge in [0.25, 0.3) is 0 Å². The molecule has 1 aromatic carbocycles. The molecule has 6 heteroatoms. The van der Waals surface area contributed by atoms with Gasteiger partial charge in [-0.3, -0.25) is 9.69 Å². The molecule has 2 fully saturated rings. The summed E-state index contributed by atoms with van der Waals surface area (Å²) in [6.45, 7) is 0.584. The lowest BCUT2D eigenvalue weighted by atomic mass is 9.85. The fourth-order valence-corrected chi connectivity index (χ4v) is 4.72. The fraction of sp³-hybridized carbons (Fsp3) is 0.556. The van der Waals surface area contributed by atoms with Crippen LogP contribution in [0.15, 0.2) is 18.2 Å². The third-order valence-electron chi connectivity index (χ3n) is 5.77. The normalized spacial score (nSPS) is 27.5. The van der Waals surface area contributed by atoms with Gasteiger partial charge in [0.05, 0.1) is 17.6 Å². The van der Waals surface area contributed by atoms with E-state index in [1.165, 1.54) is 12.8 Å². The summed E-state index contributed by atoms with van der Waals surface area (Å²) in [5.74, 6) is 0.722. The second-order valence-electron chi connectivity index (χ2n) is 7.09. The van der Waals surface area contributed by atoms with Crippen molar-refractivity contribution in [1.29, 1.82) is 0 Å². The Morgan fingerprint density at radius 2 is 2.17 bits per heavy atom. The third kappa shape index (κ3) is 2.60. The van der Waals surface area contributed by atoms with Crippen LogP contribution < -0.4 is 0 Å². The van der Waals surface area contributed by atoms with Gasteiger partial charge in [0, 0.05) is 18.1 Å². The lowest BCUT2D eigenvalue weighted by molar-refractivity contribution is -0.143. The monoisotopic (exact) mass is 347 g/mol. The van der Waals surface area contributed by atoms with Gasteiger partial charge in [0.2, 0.25) is 0 Å². The summed E-state index contributed by atoms with van der Waals surface area (Å²) < 4.78 is 2.06. The zero-order valence-corrected chi connectivity index (χ0v) is 14.5. The average molecular weight is 348 g/mol. The van der Waals surface area contributed by atoms with Crippen molar-refractivity contribution in [2.24, 2.45) is 13.0 Å². The highest BCUT2D eigenvalue weighted by Crippen LogP contribution is 2.40. The number of aromatic nitrogens is 2. The van der Waals surface area contributed by atoms with E-state index < -0.39 is 5.97 Å². The Morgan fingerprint density at radius 3 is 2.96 bits per heavy atom. The van der Waals surface area contributed by atoms with Crippen LogP contribution >= 0.6 is 11.6 Å². The summed E-state index contributed by atoms with van der Waals surface area (Å²) in [4.78, 5) is 18.6. The minimum Gasteiger partial charge on any atom is -0.480 e. The first kappa shape index (κ1) is 15.9. The maximum atomic E-state index is 11.8. The second-order valence-corrected chi connectivity index (χ2v) is 7.53. The Morgan fingerprint density at radius 1 is 1.38 bits per heavy atom. The number of carboxylic acid groups (broad SMARTS) is 1. The van der Waals surface area contributed by atoms with Gasteiger partial charge in [-0.25, -0.2) is 4.98 Å². The molecule has 1 aliphatic heterocycles. The zero-order chi connectivity index (χ0) is 16.8. The number of hydrogen-bond donors (Lipinski definition) is 1. The summed E-state index contributed by atoms with van der Waals surface area (Å²) in [5.41, 5.74) is 1.90. The third-order valence-corrected chi connectivity index (χ3v) is 6.00. The Labute approximate surface area is 146 Å². The molecular weight excluding hydrogens is 326 g/mol. The van der Waals surface area contributed by atoms with Gasteiger partial charge in [-0.15, -0.1) is 0 Å². The largest absolute Gasteiger partial charge is 0.480 e. The molecule has 3 unspecified atom stereocenters. The highest BCUT2D eigenvalue weighted by Gasteiger charge is 2.45. The highest BCUT2D eigenvalue weighted by atomic mass is 35.5. The molecule has 2 aliphatic rings. The van der Waals surface area contributed by atoms with E-state index >= 15 is 0 Å². The molecule has 0 radical (unpaired) electrons. The topological polar surface area (TPSA) is 58.4 Å². The lowest BCUT2D eigenvalue weighted by Gasteiger charge is -2.32. The number of aliphatic carboxylic acids is 1. The number of likely N-dealkylation sites (tertiary alicyclic amines) is 1. The van der Waals surface area contributed by atoms with E-state index in [2.05, 4.69) is 9.47 Å². The number of fused-ring (bicyclic) bond motifs is 2. The van der Waals surface area contributed by atoms with E-state index in [4.69, 9.17) is 16.6 Å². The Kier molecular flexibility index (Phi) is 4.01. The first-order valence-electron chi connectivity index (χ1n) is 8.64. The minimum atomic E-state index is -0.703. The minimum absolute atomic E-state index is 0.378. The smallest absolute Gasteiger partial charge is 0.320 e. The number of rotatable bonds is 3. The van der Waals surface area contributed by atoms with Crippen molar-refractivity contribution in [3.63, 3.8) is 0 Å². The number of aryl methyl sites for hydroxylation is 1. The van der Waals surface area contributed by atoms with Crippen molar-refractivity contribution in [2.75, 3.05) is 0 Å². The molecular formula is C18H22ClN3O2. The van der Waals surface area contributed by atoms with Gasteiger partial charge >= 0.3 is 5.97 Å². The predicted molar refractivity (Wildman–Crippen MR) is 93.1 cm³/mol. The summed E-state index contributed by atoms with van der Waals surface area (Å²) in [6, 6.07) is 5.69. The van der Waals surface area contributed by atoms with Gasteiger partial charge in [-0.2, -0.15) is 0 Å². The van der Waals surface area contributed by atoms with Crippen molar-refractivity contribution in [3.8, 4) is 0 Å². The zero-order valence-electron chi connectivity index (χ0n) is 13.8. The van der Waals surface area contributed by atoms with Crippen molar-refractivity contribution in [1.82, 2.24) is 14.5 Å². The first-order chi connectivity index (χ1) is 11.5. The van der Waals surface area contributed by atoms with Crippen LogP contribution in [0.2, 0.25) is 5.02 Å². The average Bonchev–Trinajstić information content (AvgIpc) is 3.07. The van der Waals surface area contributed by atoms with E-state index in [1.54, 1.807) is 0 Å². The molecule has 1 saturated carbocycles. The molecule has 0 amide bonds. The maximum absolute atomic E-state index is 11.8. The highest BCUT2D eigenvalue weighted by molar-refractivity contribution is 6.31. The molecule has 3 atom stereocenters. The first-order valence-corrected chi connectivity index (χ1v) is 9.02. The van der Waals surface area contributed by atoms with Crippen molar-refractivity contribution in [2.45, 2.75) is 50.7 Å². The van der Waals surface area contributed by atoms with Gasteiger partial charge in [-0.05, 0) is 43.4 Å². The van der Waals surface area contributed by atoms with E-state index in [9.17, 15) is 9.90 Å². The molecule has 1 aromatic heterocycles. The molecule has 4 rings (SSSR count). The van der Waals surface area contributed by atoms with E-state index in [1.807, 2.05) is 25.2 Å². The maximum Gasteiger partial charge on any atom is 0.320 e. The second kappa shape index (κ2) is 6.05. The number of carbonyl (C=O) groups is 1. The van der Waals surface area contributed by atoms with Crippen LogP contribution in [-0.2, 0) is 18.4 Å². The number of halogens is 1. The Bertz CT molecular complexity index is 788. The van der Waals surface area contributed by atoms with Gasteiger partial charge in [0.1, 0.15) is 11.9 Å². The Balaban J connectivity index is 1.67. The van der Waals surface area contributed by atoms with Crippen LogP contribution in [0.1, 0.15) is 37.9 Å². The van der Waals surface area contributed by atoms with Crippen molar-refractivity contribution >= 4 is 28.6 Å². The fourth-order valence-electron chi connectivity index (χ4n) is 4.55. The van der Waals surface area contributed by atoms with Crippen molar-refractivity contribution in [3.05, 3.63) is 29.0 Å². The number of nitrogens with zero attached hydrogens (tertiary/aromatic N) is 3. The molecule has 0 bridgehead atoms. The molecule has 1 aliphatic carbocycles. The van der Waals surface area contributed by atoms with Crippen LogP contribution in [-0.4, -0.2) is 37.6 Å². The number of imidazole rings is 1. The molecule has 128 valence electrons. The van der Waals surface area contributed by atoms with Crippen LogP contribution in [0.3, 0.4) is 0 Å². The molecule has 5 nitrogen and oxygen atoms in total. The number of hydrogen-bond acceptors (Lipinski definition) is 3. The SMILES string of the molecule is Cn1c(CN2C(C(=O)O)CC3CCCCC32)nc2cc(Cl)ccc21. The molecule has 2 aromatic rings. The molecule has 24 heavy (non-hydrogen) atoms. The lowest BCUT2D eigenvalue weighted by Crippen LogP contribution is -2.42. The molecule has 1 N–H and O–H groups in total. The predicted octanol–water partition coefficient (Wildman–Crippen LogP) is 3.44. The molecule has 0 spiro atoms. The van der Waals surface area contributed by atoms with Crippen LogP contribution in [0.5, 0.6) is 0 Å². The number of benzene rings is 1. The quantitative estimate of drug-likeness (QED) is 0.924.